The van der Waals surface area contributed by atoms with Gasteiger partial charge in [-0.3, -0.25) is 14.6 Å². The molecule has 1 aliphatic carbocycles. The lowest BCUT2D eigenvalue weighted by Gasteiger charge is -2.19. The highest BCUT2D eigenvalue weighted by Gasteiger charge is 2.64. The number of nitrogens with one attached hydrogen (secondary N) is 2. The lowest BCUT2D eigenvalue weighted by molar-refractivity contribution is -0.160. The fraction of sp³-hybridized carbons (Fsp3) is 0.357. The van der Waals surface area contributed by atoms with Gasteiger partial charge in [0.2, 0.25) is 0 Å². The van der Waals surface area contributed by atoms with Crippen molar-refractivity contribution < 1.29 is 30.7 Å². The smallest absolute Gasteiger partial charge is 0.381 e. The normalized spacial score (nSPS) is 15.5. The second-order valence-electron chi connectivity index (χ2n) is 10.4. The van der Waals surface area contributed by atoms with E-state index in [2.05, 4.69) is 15.4 Å². The van der Waals surface area contributed by atoms with E-state index >= 15 is 4.39 Å². The van der Waals surface area contributed by atoms with E-state index in [1.807, 2.05) is 0 Å². The first-order valence-corrected chi connectivity index (χ1v) is 13.0. The minimum absolute atomic E-state index is 0.00550. The summed E-state index contributed by atoms with van der Waals surface area (Å²) in [6.45, 7) is 1.76. The Labute approximate surface area is 233 Å². The van der Waals surface area contributed by atoms with Crippen molar-refractivity contribution in [1.29, 1.82) is 0 Å². The molecule has 1 unspecified atom stereocenters. The van der Waals surface area contributed by atoms with Gasteiger partial charge in [0.05, 0.1) is 28.4 Å². The van der Waals surface area contributed by atoms with Crippen LogP contribution in [0, 0.1) is 5.82 Å². The standard InChI is InChI=1S/C28H24F7N5O2/c1-15(38-21-14-37-39-24(41)23(21)27(30,31)32)3-2-9-40-10-6-16-11-17(12-19(29)22(16)25(40)42)20-5-4-18(13-36-20)26(7-8-26)28(33,34)35/h4-6,10-15H,2-3,7-9H2,1H3,(H2,38,39,41). The highest BCUT2D eigenvalue weighted by atomic mass is 19.4. The van der Waals surface area contributed by atoms with Crippen LogP contribution in [0.2, 0.25) is 0 Å². The highest BCUT2D eigenvalue weighted by Crippen LogP contribution is 2.58. The number of pyridine rings is 2. The van der Waals surface area contributed by atoms with Crippen molar-refractivity contribution in [3.8, 4) is 11.3 Å². The molecule has 14 heteroatoms. The number of halogens is 7. The van der Waals surface area contributed by atoms with Crippen molar-refractivity contribution in [1.82, 2.24) is 19.7 Å². The second kappa shape index (κ2) is 10.6. The Hall–Kier alpha value is -4.23. The molecule has 1 aromatic carbocycles. The van der Waals surface area contributed by atoms with Crippen molar-refractivity contribution >= 4 is 16.5 Å². The van der Waals surface area contributed by atoms with Crippen LogP contribution in [0.5, 0.6) is 0 Å². The van der Waals surface area contributed by atoms with Crippen LogP contribution in [0.25, 0.3) is 22.0 Å². The number of hydrogen-bond acceptors (Lipinski definition) is 5. The summed E-state index contributed by atoms with van der Waals surface area (Å²) in [5.41, 5.74) is -5.09. The van der Waals surface area contributed by atoms with Gasteiger partial charge < -0.3 is 9.88 Å². The zero-order chi connectivity index (χ0) is 30.4. The zero-order valence-corrected chi connectivity index (χ0v) is 22.0. The molecule has 0 saturated heterocycles. The number of benzene rings is 1. The Morgan fingerprint density at radius 2 is 1.81 bits per heavy atom. The first-order chi connectivity index (χ1) is 19.7. The first kappa shape index (κ1) is 29.3. The molecule has 42 heavy (non-hydrogen) atoms. The third kappa shape index (κ3) is 5.49. The molecule has 3 heterocycles. The molecule has 0 bridgehead atoms. The van der Waals surface area contributed by atoms with Gasteiger partial charge >= 0.3 is 12.4 Å². The van der Waals surface area contributed by atoms with E-state index in [0.717, 1.165) is 18.5 Å². The quantitative estimate of drug-likeness (QED) is 0.238. The summed E-state index contributed by atoms with van der Waals surface area (Å²) in [6.07, 6.45) is -5.12. The molecule has 3 aromatic heterocycles. The number of aromatic nitrogens is 4. The average Bonchev–Trinajstić information content (AvgIpc) is 3.72. The van der Waals surface area contributed by atoms with Crippen molar-refractivity contribution in [3.63, 3.8) is 0 Å². The molecule has 1 aliphatic rings. The van der Waals surface area contributed by atoms with Gasteiger partial charge in [0.1, 0.15) is 11.4 Å². The van der Waals surface area contributed by atoms with Gasteiger partial charge in [0.15, 0.2) is 0 Å². The maximum atomic E-state index is 15.1. The number of fused-ring (bicyclic) bond motifs is 1. The lowest BCUT2D eigenvalue weighted by Crippen LogP contribution is -2.28. The highest BCUT2D eigenvalue weighted by molar-refractivity contribution is 5.86. The van der Waals surface area contributed by atoms with Crippen LogP contribution in [-0.2, 0) is 18.1 Å². The second-order valence-corrected chi connectivity index (χ2v) is 10.4. The Kier molecular flexibility index (Phi) is 7.35. The number of alkyl halides is 6. The van der Waals surface area contributed by atoms with E-state index in [9.17, 15) is 35.9 Å². The largest absolute Gasteiger partial charge is 0.423 e. The van der Waals surface area contributed by atoms with Crippen LogP contribution in [0.1, 0.15) is 43.7 Å². The van der Waals surface area contributed by atoms with Crippen LogP contribution in [0.4, 0.5) is 36.4 Å². The minimum Gasteiger partial charge on any atom is -0.381 e. The van der Waals surface area contributed by atoms with Gasteiger partial charge in [-0.05, 0) is 67.8 Å². The van der Waals surface area contributed by atoms with Crippen molar-refractivity contribution in [2.75, 3.05) is 5.32 Å². The summed E-state index contributed by atoms with van der Waals surface area (Å²) >= 11 is 0. The van der Waals surface area contributed by atoms with Crippen LogP contribution in [0.3, 0.4) is 0 Å². The summed E-state index contributed by atoms with van der Waals surface area (Å²) in [5.74, 6) is -0.821. The van der Waals surface area contributed by atoms with E-state index in [1.54, 1.807) is 12.0 Å². The molecule has 1 atom stereocenters. The molecule has 0 radical (unpaired) electrons. The Bertz CT molecular complexity index is 1740. The molecule has 0 amide bonds. The van der Waals surface area contributed by atoms with E-state index in [4.69, 9.17) is 0 Å². The van der Waals surface area contributed by atoms with Gasteiger partial charge in [-0.25, -0.2) is 9.49 Å². The van der Waals surface area contributed by atoms with Crippen molar-refractivity contribution in [2.45, 2.75) is 63.0 Å². The van der Waals surface area contributed by atoms with Crippen LogP contribution in [-0.4, -0.2) is 32.0 Å². The number of aromatic amines is 1. The summed E-state index contributed by atoms with van der Waals surface area (Å²) in [4.78, 5) is 28.8. The predicted molar refractivity (Wildman–Crippen MR) is 141 cm³/mol. The van der Waals surface area contributed by atoms with Gasteiger partial charge in [-0.1, -0.05) is 6.07 Å². The third-order valence-electron chi connectivity index (χ3n) is 7.51. The summed E-state index contributed by atoms with van der Waals surface area (Å²) < 4.78 is 96.4. The average molecular weight is 596 g/mol. The molecule has 1 saturated carbocycles. The molecule has 5 rings (SSSR count). The van der Waals surface area contributed by atoms with E-state index in [0.29, 0.717) is 18.4 Å². The number of nitrogens with zero attached hydrogens (tertiary/aromatic N) is 3. The van der Waals surface area contributed by atoms with Crippen LogP contribution in [0.15, 0.2) is 58.5 Å². The molecule has 7 nitrogen and oxygen atoms in total. The maximum Gasteiger partial charge on any atom is 0.423 e. The molecule has 222 valence electrons. The molecular formula is C28H24F7N5O2. The Morgan fingerprint density at radius 1 is 1.07 bits per heavy atom. The number of H-pyrrole nitrogens is 1. The lowest BCUT2D eigenvalue weighted by atomic mass is 9.96. The SMILES string of the molecule is CC(CCCn1ccc2cc(-c3ccc(C4(C(F)(F)F)CC4)cn3)cc(F)c2c1=O)Nc1cn[nH]c(=O)c1C(F)(F)F. The zero-order valence-electron chi connectivity index (χ0n) is 22.0. The van der Waals surface area contributed by atoms with Gasteiger partial charge in [-0.2, -0.15) is 31.4 Å². The number of hydrogen-bond donors (Lipinski definition) is 2. The monoisotopic (exact) mass is 595 g/mol. The summed E-state index contributed by atoms with van der Waals surface area (Å²) in [5, 5.41) is 7.91. The molecule has 1 fully saturated rings. The number of rotatable bonds is 8. The first-order valence-electron chi connectivity index (χ1n) is 13.0. The number of aryl methyl sites for hydroxylation is 1. The molecule has 0 aliphatic heterocycles. The fourth-order valence-corrected chi connectivity index (χ4v) is 5.09. The van der Waals surface area contributed by atoms with Crippen molar-refractivity contribution in [2.24, 2.45) is 0 Å². The van der Waals surface area contributed by atoms with Gasteiger partial charge in [0.25, 0.3) is 11.1 Å². The van der Waals surface area contributed by atoms with E-state index in [-0.39, 0.29) is 41.4 Å². The Balaban J connectivity index is 1.29. The predicted octanol–water partition coefficient (Wildman–Crippen LogP) is 6.18. The maximum absolute atomic E-state index is 15.1. The molecule has 0 spiro atoms. The summed E-state index contributed by atoms with van der Waals surface area (Å²) in [6, 6.07) is 6.39. The molecule has 4 aromatic rings. The Morgan fingerprint density at radius 3 is 2.43 bits per heavy atom. The fourth-order valence-electron chi connectivity index (χ4n) is 5.09. The number of anilines is 1. The van der Waals surface area contributed by atoms with Gasteiger partial charge in [0, 0.05) is 30.5 Å². The molecule has 2 N–H and O–H groups in total. The van der Waals surface area contributed by atoms with Gasteiger partial charge in [-0.15, -0.1) is 0 Å². The summed E-state index contributed by atoms with van der Waals surface area (Å²) in [7, 11) is 0. The van der Waals surface area contributed by atoms with E-state index in [1.165, 1.54) is 35.0 Å². The minimum atomic E-state index is -4.88. The van der Waals surface area contributed by atoms with Crippen LogP contribution >= 0.6 is 0 Å². The molecular weight excluding hydrogens is 571 g/mol. The van der Waals surface area contributed by atoms with Crippen LogP contribution < -0.4 is 16.4 Å². The topological polar surface area (TPSA) is 92.7 Å². The third-order valence-corrected chi connectivity index (χ3v) is 7.51. The van der Waals surface area contributed by atoms with Crippen molar-refractivity contribution in [3.05, 3.63) is 86.6 Å². The van der Waals surface area contributed by atoms with E-state index < -0.39 is 52.0 Å².